The predicted molar refractivity (Wildman–Crippen MR) is 67.0 cm³/mol. The van der Waals surface area contributed by atoms with Crippen molar-refractivity contribution >= 4 is 11.8 Å². The molecule has 0 spiro atoms. The van der Waals surface area contributed by atoms with Gasteiger partial charge in [-0.25, -0.2) is 0 Å². The number of amides is 2. The maximum Gasteiger partial charge on any atom is 0.309 e. The molecule has 2 amide bonds. The first kappa shape index (κ1) is 14.2. The third-order valence-electron chi connectivity index (χ3n) is 2.33. The van der Waals surface area contributed by atoms with Crippen LogP contribution in [0.5, 0.6) is 0 Å². The van der Waals surface area contributed by atoms with Gasteiger partial charge in [-0.1, -0.05) is 0 Å². The Morgan fingerprint density at radius 2 is 1.89 bits per heavy atom. The summed E-state index contributed by atoms with van der Waals surface area (Å²) in [6, 6.07) is 1.82. The van der Waals surface area contributed by atoms with Crippen molar-refractivity contribution in [1.82, 2.24) is 15.5 Å². The third kappa shape index (κ3) is 5.49. The second-order valence-electron chi connectivity index (χ2n) is 4.20. The summed E-state index contributed by atoms with van der Waals surface area (Å²) in [5.74, 6) is -1.19. The number of likely N-dealkylation sites (N-methyl/N-ethyl adjacent to an activating group) is 1. The molecule has 0 saturated carbocycles. The number of hydrogen-bond donors (Lipinski definition) is 2. The van der Waals surface area contributed by atoms with Crippen LogP contribution >= 0.6 is 0 Å². The lowest BCUT2D eigenvalue weighted by Gasteiger charge is -2.10. The van der Waals surface area contributed by atoms with Crippen molar-refractivity contribution in [2.75, 3.05) is 33.7 Å². The van der Waals surface area contributed by atoms with E-state index in [4.69, 9.17) is 4.42 Å². The van der Waals surface area contributed by atoms with Gasteiger partial charge < -0.3 is 20.0 Å². The van der Waals surface area contributed by atoms with Gasteiger partial charge in [0, 0.05) is 19.6 Å². The van der Waals surface area contributed by atoms with Gasteiger partial charge in [0.05, 0.1) is 12.5 Å². The molecule has 0 radical (unpaired) electrons. The Labute approximate surface area is 106 Å². The van der Waals surface area contributed by atoms with Crippen molar-refractivity contribution in [3.05, 3.63) is 24.2 Å². The van der Waals surface area contributed by atoms with Gasteiger partial charge in [0.15, 0.2) is 0 Å². The van der Waals surface area contributed by atoms with Crippen LogP contribution < -0.4 is 10.6 Å². The van der Waals surface area contributed by atoms with Gasteiger partial charge in [0.1, 0.15) is 0 Å². The molecule has 1 aromatic heterocycles. The SMILES string of the molecule is CN(C)CCNC(=O)C(=O)NCCc1ccoc1. The van der Waals surface area contributed by atoms with Crippen molar-refractivity contribution in [3.63, 3.8) is 0 Å². The van der Waals surface area contributed by atoms with Crippen molar-refractivity contribution in [1.29, 1.82) is 0 Å². The Morgan fingerprint density at radius 3 is 2.44 bits per heavy atom. The zero-order valence-electron chi connectivity index (χ0n) is 10.7. The molecule has 0 aromatic carbocycles. The molecule has 0 bridgehead atoms. The molecular formula is C12H19N3O3. The maximum absolute atomic E-state index is 11.4. The fraction of sp³-hybridized carbons (Fsp3) is 0.500. The average molecular weight is 253 g/mol. The molecule has 18 heavy (non-hydrogen) atoms. The summed E-state index contributed by atoms with van der Waals surface area (Å²) in [7, 11) is 3.80. The number of furan rings is 1. The standard InChI is InChI=1S/C12H19N3O3/c1-15(2)7-6-14-12(17)11(16)13-5-3-10-4-8-18-9-10/h4,8-9H,3,5-7H2,1-2H3,(H,13,16)(H,14,17). The minimum Gasteiger partial charge on any atom is -0.472 e. The van der Waals surface area contributed by atoms with Crippen LogP contribution in [0.2, 0.25) is 0 Å². The highest BCUT2D eigenvalue weighted by molar-refractivity contribution is 6.35. The molecule has 0 aliphatic heterocycles. The second-order valence-corrected chi connectivity index (χ2v) is 4.20. The number of carbonyl (C=O) groups is 2. The van der Waals surface area contributed by atoms with Gasteiger partial charge in [0.2, 0.25) is 0 Å². The molecule has 1 rings (SSSR count). The van der Waals surface area contributed by atoms with Crippen LogP contribution in [0.1, 0.15) is 5.56 Å². The second kappa shape index (κ2) is 7.50. The van der Waals surface area contributed by atoms with Crippen LogP contribution in [0.3, 0.4) is 0 Å². The van der Waals surface area contributed by atoms with Gasteiger partial charge in [-0.15, -0.1) is 0 Å². The first-order valence-corrected chi connectivity index (χ1v) is 5.81. The molecule has 0 aliphatic carbocycles. The van der Waals surface area contributed by atoms with Crippen molar-refractivity contribution < 1.29 is 14.0 Å². The number of rotatable bonds is 6. The highest BCUT2D eigenvalue weighted by atomic mass is 16.3. The minimum absolute atomic E-state index is 0.416. The summed E-state index contributed by atoms with van der Waals surface area (Å²) in [5.41, 5.74) is 0.989. The van der Waals surface area contributed by atoms with Gasteiger partial charge in [-0.05, 0) is 32.1 Å². The molecule has 1 aromatic rings. The molecule has 6 heteroatoms. The van der Waals surface area contributed by atoms with Crippen LogP contribution in [0.4, 0.5) is 0 Å². The number of nitrogens with one attached hydrogen (secondary N) is 2. The number of carbonyl (C=O) groups excluding carboxylic acids is 2. The van der Waals surface area contributed by atoms with Crippen LogP contribution in [-0.2, 0) is 16.0 Å². The Hall–Kier alpha value is -1.82. The Balaban J connectivity index is 2.13. The predicted octanol–water partition coefficient (Wildman–Crippen LogP) is -0.384. The Morgan fingerprint density at radius 1 is 1.22 bits per heavy atom. The lowest BCUT2D eigenvalue weighted by atomic mass is 10.2. The van der Waals surface area contributed by atoms with Gasteiger partial charge in [-0.2, -0.15) is 0 Å². The molecule has 0 aliphatic rings. The Bertz CT molecular complexity index is 374. The summed E-state index contributed by atoms with van der Waals surface area (Å²) in [5, 5.41) is 5.10. The molecule has 0 atom stereocenters. The molecule has 0 saturated heterocycles. The fourth-order valence-corrected chi connectivity index (χ4v) is 1.31. The fourth-order valence-electron chi connectivity index (χ4n) is 1.31. The summed E-state index contributed by atoms with van der Waals surface area (Å²) >= 11 is 0. The summed E-state index contributed by atoms with van der Waals surface area (Å²) in [6.07, 6.45) is 3.83. The zero-order chi connectivity index (χ0) is 13.4. The first-order valence-electron chi connectivity index (χ1n) is 5.81. The van der Waals surface area contributed by atoms with E-state index in [1.54, 1.807) is 12.5 Å². The van der Waals surface area contributed by atoms with E-state index >= 15 is 0 Å². The van der Waals surface area contributed by atoms with E-state index in [0.717, 1.165) is 5.56 Å². The number of nitrogens with zero attached hydrogens (tertiary/aromatic N) is 1. The maximum atomic E-state index is 11.4. The molecular weight excluding hydrogens is 234 g/mol. The van der Waals surface area contributed by atoms with Crippen molar-refractivity contribution in [2.24, 2.45) is 0 Å². The lowest BCUT2D eigenvalue weighted by molar-refractivity contribution is -0.139. The molecule has 1 heterocycles. The zero-order valence-corrected chi connectivity index (χ0v) is 10.7. The van der Waals surface area contributed by atoms with Crippen LogP contribution in [-0.4, -0.2) is 50.4 Å². The highest BCUT2D eigenvalue weighted by Crippen LogP contribution is 1.99. The van der Waals surface area contributed by atoms with Crippen molar-refractivity contribution in [3.8, 4) is 0 Å². The Kier molecular flexibility index (Phi) is 5.93. The van der Waals surface area contributed by atoms with E-state index in [0.29, 0.717) is 26.1 Å². The summed E-state index contributed by atoms with van der Waals surface area (Å²) in [4.78, 5) is 24.7. The monoisotopic (exact) mass is 253 g/mol. The molecule has 100 valence electrons. The highest BCUT2D eigenvalue weighted by Gasteiger charge is 2.11. The van der Waals surface area contributed by atoms with Gasteiger partial charge in [-0.3, -0.25) is 9.59 Å². The number of hydrogen-bond acceptors (Lipinski definition) is 4. The van der Waals surface area contributed by atoms with Gasteiger partial charge >= 0.3 is 11.8 Å². The van der Waals surface area contributed by atoms with E-state index < -0.39 is 11.8 Å². The first-order chi connectivity index (χ1) is 8.59. The quantitative estimate of drug-likeness (QED) is 0.678. The molecule has 0 fully saturated rings. The van der Waals surface area contributed by atoms with E-state index in [9.17, 15) is 9.59 Å². The van der Waals surface area contributed by atoms with Crippen LogP contribution in [0, 0.1) is 0 Å². The molecule has 0 unspecified atom stereocenters. The molecule has 2 N–H and O–H groups in total. The largest absolute Gasteiger partial charge is 0.472 e. The van der Waals surface area contributed by atoms with E-state index in [1.165, 1.54) is 0 Å². The smallest absolute Gasteiger partial charge is 0.309 e. The summed E-state index contributed by atoms with van der Waals surface area (Å²) in [6.45, 7) is 1.58. The van der Waals surface area contributed by atoms with Gasteiger partial charge in [0.25, 0.3) is 0 Å². The topological polar surface area (TPSA) is 74.6 Å². The van der Waals surface area contributed by atoms with Crippen molar-refractivity contribution in [2.45, 2.75) is 6.42 Å². The third-order valence-corrected chi connectivity index (χ3v) is 2.33. The van der Waals surface area contributed by atoms with E-state index in [1.807, 2.05) is 25.1 Å². The summed E-state index contributed by atoms with van der Waals surface area (Å²) < 4.78 is 4.90. The minimum atomic E-state index is -0.600. The lowest BCUT2D eigenvalue weighted by Crippen LogP contribution is -2.42. The molecule has 6 nitrogen and oxygen atoms in total. The normalized spacial score (nSPS) is 10.4. The van der Waals surface area contributed by atoms with E-state index in [2.05, 4.69) is 10.6 Å². The van der Waals surface area contributed by atoms with Crippen LogP contribution in [0.25, 0.3) is 0 Å². The van der Waals surface area contributed by atoms with E-state index in [-0.39, 0.29) is 0 Å². The average Bonchev–Trinajstić information content (AvgIpc) is 2.81. The van der Waals surface area contributed by atoms with Crippen LogP contribution in [0.15, 0.2) is 23.0 Å².